The summed E-state index contributed by atoms with van der Waals surface area (Å²) < 4.78 is 18.4. The van der Waals surface area contributed by atoms with Crippen LogP contribution in [0, 0.1) is 11.7 Å². The zero-order valence-electron chi connectivity index (χ0n) is 10.9. The Labute approximate surface area is 103 Å². The van der Waals surface area contributed by atoms with Gasteiger partial charge in [0, 0.05) is 6.04 Å². The van der Waals surface area contributed by atoms with Gasteiger partial charge >= 0.3 is 0 Å². The molecule has 1 aromatic rings. The van der Waals surface area contributed by atoms with Crippen molar-refractivity contribution in [1.29, 1.82) is 0 Å². The second kappa shape index (κ2) is 6.60. The second-order valence-corrected chi connectivity index (χ2v) is 4.89. The highest BCUT2D eigenvalue weighted by atomic mass is 19.1. The van der Waals surface area contributed by atoms with Gasteiger partial charge in [0.1, 0.15) is 11.6 Å². The third-order valence-electron chi connectivity index (χ3n) is 2.84. The summed E-state index contributed by atoms with van der Waals surface area (Å²) >= 11 is 0. The van der Waals surface area contributed by atoms with Crippen LogP contribution in [0.25, 0.3) is 0 Å². The molecular formula is C14H22FNO. The fourth-order valence-electron chi connectivity index (χ4n) is 1.84. The molecule has 0 aliphatic heterocycles. The summed E-state index contributed by atoms with van der Waals surface area (Å²) in [5.41, 5.74) is 6.90. The van der Waals surface area contributed by atoms with Gasteiger partial charge in [-0.2, -0.15) is 0 Å². The molecule has 0 bridgehead atoms. The van der Waals surface area contributed by atoms with Crippen LogP contribution >= 0.6 is 0 Å². The lowest BCUT2D eigenvalue weighted by Gasteiger charge is -2.15. The van der Waals surface area contributed by atoms with Crippen molar-refractivity contribution in [3.05, 3.63) is 29.6 Å². The van der Waals surface area contributed by atoms with E-state index >= 15 is 0 Å². The lowest BCUT2D eigenvalue weighted by molar-refractivity contribution is 0.404. The summed E-state index contributed by atoms with van der Waals surface area (Å²) in [7, 11) is 1.59. The van der Waals surface area contributed by atoms with E-state index in [2.05, 4.69) is 13.8 Å². The van der Waals surface area contributed by atoms with Crippen LogP contribution in [0.4, 0.5) is 4.39 Å². The maximum atomic E-state index is 13.2. The van der Waals surface area contributed by atoms with Gasteiger partial charge in [-0.1, -0.05) is 13.8 Å². The van der Waals surface area contributed by atoms with Gasteiger partial charge in [-0.05, 0) is 48.9 Å². The Morgan fingerprint density at radius 2 is 2.00 bits per heavy atom. The van der Waals surface area contributed by atoms with Crippen LogP contribution in [0.2, 0.25) is 0 Å². The largest absolute Gasteiger partial charge is 0.496 e. The Kier molecular flexibility index (Phi) is 5.42. The number of hydrogen-bond donors (Lipinski definition) is 1. The summed E-state index contributed by atoms with van der Waals surface area (Å²) in [6.07, 6.45) is 2.71. The third-order valence-corrected chi connectivity index (χ3v) is 2.84. The molecule has 1 aromatic carbocycles. The maximum absolute atomic E-state index is 13.2. The first-order valence-electron chi connectivity index (χ1n) is 6.11. The first-order valence-corrected chi connectivity index (χ1v) is 6.11. The quantitative estimate of drug-likeness (QED) is 0.827. The van der Waals surface area contributed by atoms with Gasteiger partial charge in [-0.25, -0.2) is 4.39 Å². The Hall–Kier alpha value is -1.09. The Balaban J connectivity index is 2.63. The van der Waals surface area contributed by atoms with E-state index in [9.17, 15) is 4.39 Å². The average molecular weight is 239 g/mol. The molecule has 0 saturated heterocycles. The SMILES string of the molecule is COc1ccc(F)cc1CC(N)CCC(C)C. The van der Waals surface area contributed by atoms with Gasteiger partial charge in [0.15, 0.2) is 0 Å². The zero-order chi connectivity index (χ0) is 12.8. The molecule has 0 spiro atoms. The predicted molar refractivity (Wildman–Crippen MR) is 68.7 cm³/mol. The van der Waals surface area contributed by atoms with Gasteiger partial charge in [-0.15, -0.1) is 0 Å². The molecular weight excluding hydrogens is 217 g/mol. The van der Waals surface area contributed by atoms with Crippen molar-refractivity contribution in [3.8, 4) is 5.75 Å². The van der Waals surface area contributed by atoms with Crippen LogP contribution in [0.5, 0.6) is 5.75 Å². The Morgan fingerprint density at radius 1 is 1.29 bits per heavy atom. The summed E-state index contributed by atoms with van der Waals surface area (Å²) in [5.74, 6) is 1.12. The van der Waals surface area contributed by atoms with E-state index in [0.717, 1.165) is 18.4 Å². The molecule has 0 radical (unpaired) electrons. The first kappa shape index (κ1) is 14.0. The number of hydrogen-bond acceptors (Lipinski definition) is 2. The number of ether oxygens (including phenoxy) is 1. The van der Waals surface area contributed by atoms with Crippen molar-refractivity contribution in [2.75, 3.05) is 7.11 Å². The second-order valence-electron chi connectivity index (χ2n) is 4.89. The minimum atomic E-state index is -0.239. The molecule has 0 aliphatic rings. The lowest BCUT2D eigenvalue weighted by atomic mass is 9.98. The van der Waals surface area contributed by atoms with Crippen molar-refractivity contribution in [3.63, 3.8) is 0 Å². The van der Waals surface area contributed by atoms with Crippen molar-refractivity contribution >= 4 is 0 Å². The number of rotatable bonds is 6. The average Bonchev–Trinajstić information content (AvgIpc) is 2.27. The van der Waals surface area contributed by atoms with E-state index in [1.807, 2.05) is 0 Å². The minimum Gasteiger partial charge on any atom is -0.496 e. The molecule has 17 heavy (non-hydrogen) atoms. The molecule has 0 aromatic heterocycles. The van der Waals surface area contributed by atoms with Crippen molar-refractivity contribution in [2.45, 2.75) is 39.2 Å². The lowest BCUT2D eigenvalue weighted by Crippen LogP contribution is -2.23. The highest BCUT2D eigenvalue weighted by Gasteiger charge is 2.10. The maximum Gasteiger partial charge on any atom is 0.123 e. The van der Waals surface area contributed by atoms with Crippen LogP contribution in [0.3, 0.4) is 0 Å². The predicted octanol–water partition coefficient (Wildman–Crippen LogP) is 3.14. The van der Waals surface area contributed by atoms with Gasteiger partial charge < -0.3 is 10.5 Å². The summed E-state index contributed by atoms with van der Waals surface area (Å²) in [6.45, 7) is 4.35. The number of methoxy groups -OCH3 is 1. The van der Waals surface area contributed by atoms with E-state index in [-0.39, 0.29) is 11.9 Å². The van der Waals surface area contributed by atoms with Gasteiger partial charge in [-0.3, -0.25) is 0 Å². The number of nitrogens with two attached hydrogens (primary N) is 1. The first-order chi connectivity index (χ1) is 8.02. The van der Waals surface area contributed by atoms with E-state index in [1.54, 1.807) is 13.2 Å². The zero-order valence-corrected chi connectivity index (χ0v) is 10.9. The van der Waals surface area contributed by atoms with E-state index < -0.39 is 0 Å². The number of benzene rings is 1. The van der Waals surface area contributed by atoms with Gasteiger partial charge in [0.25, 0.3) is 0 Å². The molecule has 0 saturated carbocycles. The normalized spacial score (nSPS) is 12.8. The van der Waals surface area contributed by atoms with Crippen LogP contribution in [-0.4, -0.2) is 13.2 Å². The highest BCUT2D eigenvalue weighted by molar-refractivity contribution is 5.34. The molecule has 3 heteroatoms. The smallest absolute Gasteiger partial charge is 0.123 e. The standard InChI is InChI=1S/C14H22FNO/c1-10(2)4-6-13(16)9-11-8-12(15)5-7-14(11)17-3/h5,7-8,10,13H,4,6,9,16H2,1-3H3. The Bertz CT molecular complexity index is 352. The van der Waals surface area contributed by atoms with Crippen molar-refractivity contribution in [1.82, 2.24) is 0 Å². The Morgan fingerprint density at radius 3 is 2.59 bits per heavy atom. The van der Waals surface area contributed by atoms with Crippen LogP contribution in [0.1, 0.15) is 32.3 Å². The number of halogens is 1. The van der Waals surface area contributed by atoms with Crippen LogP contribution in [-0.2, 0) is 6.42 Å². The topological polar surface area (TPSA) is 35.2 Å². The van der Waals surface area contributed by atoms with Gasteiger partial charge in [0.05, 0.1) is 7.11 Å². The molecule has 2 nitrogen and oxygen atoms in total. The van der Waals surface area contributed by atoms with E-state index in [4.69, 9.17) is 10.5 Å². The highest BCUT2D eigenvalue weighted by Crippen LogP contribution is 2.21. The summed E-state index contributed by atoms with van der Waals surface area (Å²) in [4.78, 5) is 0. The van der Waals surface area contributed by atoms with Crippen molar-refractivity contribution in [2.24, 2.45) is 11.7 Å². The summed E-state index contributed by atoms with van der Waals surface area (Å²) in [6, 6.07) is 4.63. The fourth-order valence-corrected chi connectivity index (χ4v) is 1.84. The minimum absolute atomic E-state index is 0.0631. The fraction of sp³-hybridized carbons (Fsp3) is 0.571. The monoisotopic (exact) mass is 239 g/mol. The van der Waals surface area contributed by atoms with E-state index in [1.165, 1.54) is 12.1 Å². The molecule has 0 amide bonds. The molecule has 96 valence electrons. The molecule has 0 heterocycles. The molecule has 2 N–H and O–H groups in total. The molecule has 1 atom stereocenters. The molecule has 1 rings (SSSR count). The molecule has 1 unspecified atom stereocenters. The molecule has 0 aliphatic carbocycles. The summed E-state index contributed by atoms with van der Waals surface area (Å²) in [5, 5.41) is 0. The third kappa shape index (κ3) is 4.73. The van der Waals surface area contributed by atoms with Crippen molar-refractivity contribution < 1.29 is 9.13 Å². The van der Waals surface area contributed by atoms with Crippen LogP contribution < -0.4 is 10.5 Å². The molecule has 0 fully saturated rings. The van der Waals surface area contributed by atoms with Gasteiger partial charge in [0.2, 0.25) is 0 Å². The van der Waals surface area contributed by atoms with Crippen LogP contribution in [0.15, 0.2) is 18.2 Å². The van der Waals surface area contributed by atoms with E-state index in [0.29, 0.717) is 18.1 Å².